The smallest absolute Gasteiger partial charge is 0.423 e. The zero-order valence-corrected chi connectivity index (χ0v) is 15.7. The topological polar surface area (TPSA) is 43.7 Å². The van der Waals surface area contributed by atoms with Gasteiger partial charge in [-0.2, -0.15) is 0 Å². The van der Waals surface area contributed by atoms with Crippen molar-refractivity contribution < 1.29 is 14.4 Å². The molecule has 4 aromatic rings. The first kappa shape index (κ1) is 18.4. The molecule has 0 saturated heterocycles. The van der Waals surface area contributed by atoms with E-state index in [0.29, 0.717) is 5.46 Å². The van der Waals surface area contributed by atoms with E-state index in [-0.39, 0.29) is 5.82 Å². The summed E-state index contributed by atoms with van der Waals surface area (Å²) in [4.78, 5) is 3.15. The van der Waals surface area contributed by atoms with Crippen molar-refractivity contribution in [3.05, 3.63) is 96.8 Å². The van der Waals surface area contributed by atoms with Crippen molar-refractivity contribution in [1.82, 2.24) is 0 Å². The van der Waals surface area contributed by atoms with Crippen LogP contribution in [0.2, 0.25) is 0 Å². The molecule has 3 nitrogen and oxygen atoms in total. The summed E-state index contributed by atoms with van der Waals surface area (Å²) >= 11 is 1.63. The average Bonchev–Trinajstić information content (AvgIpc) is 3.20. The van der Waals surface area contributed by atoms with Gasteiger partial charge in [0.2, 0.25) is 0 Å². The maximum Gasteiger partial charge on any atom is 0.488 e. The Hall–Kier alpha value is -2.93. The highest BCUT2D eigenvalue weighted by atomic mass is 32.1. The number of thiophene rings is 1. The molecule has 4 rings (SSSR count). The van der Waals surface area contributed by atoms with Crippen molar-refractivity contribution in [2.24, 2.45) is 0 Å². The molecule has 0 aliphatic heterocycles. The summed E-state index contributed by atoms with van der Waals surface area (Å²) in [6, 6.07) is 27.5. The Labute approximate surface area is 167 Å². The number of hydrogen-bond acceptors (Lipinski definition) is 4. The van der Waals surface area contributed by atoms with Crippen molar-refractivity contribution in [1.29, 1.82) is 0 Å². The minimum atomic E-state index is -1.51. The number of rotatable bonds is 5. The van der Waals surface area contributed by atoms with Gasteiger partial charge >= 0.3 is 7.12 Å². The fourth-order valence-corrected chi connectivity index (χ4v) is 4.05. The minimum absolute atomic E-state index is 0.293. The summed E-state index contributed by atoms with van der Waals surface area (Å²) in [6.07, 6.45) is 0. The summed E-state index contributed by atoms with van der Waals surface area (Å²) in [5, 5.41) is 19.7. The predicted octanol–water partition coefficient (Wildman–Crippen LogP) is 4.70. The van der Waals surface area contributed by atoms with E-state index in [9.17, 15) is 14.4 Å². The quantitative estimate of drug-likeness (QED) is 0.486. The van der Waals surface area contributed by atoms with Gasteiger partial charge in [-0.3, -0.25) is 0 Å². The van der Waals surface area contributed by atoms with Gasteiger partial charge in [-0.05, 0) is 59.6 Å². The lowest BCUT2D eigenvalue weighted by molar-refractivity contribution is 0.426. The Kier molecular flexibility index (Phi) is 5.26. The summed E-state index contributed by atoms with van der Waals surface area (Å²) in [5.41, 5.74) is 3.22. The second-order valence-corrected chi connectivity index (χ2v) is 7.34. The van der Waals surface area contributed by atoms with Crippen LogP contribution in [0, 0.1) is 5.82 Å². The van der Waals surface area contributed by atoms with E-state index in [1.807, 2.05) is 41.3 Å². The van der Waals surface area contributed by atoms with Crippen molar-refractivity contribution in [3.63, 3.8) is 0 Å². The Balaban J connectivity index is 1.77. The van der Waals surface area contributed by atoms with E-state index in [1.165, 1.54) is 12.1 Å². The van der Waals surface area contributed by atoms with Gasteiger partial charge in [0, 0.05) is 16.3 Å². The Morgan fingerprint density at radius 1 is 0.714 bits per heavy atom. The molecule has 0 fully saturated rings. The molecule has 1 heterocycles. The molecule has 2 N–H and O–H groups in total. The monoisotopic (exact) mass is 389 g/mol. The number of nitrogens with zero attached hydrogens (tertiary/aromatic N) is 1. The normalized spacial score (nSPS) is 10.7. The van der Waals surface area contributed by atoms with Crippen molar-refractivity contribution in [2.75, 3.05) is 4.90 Å². The highest BCUT2D eigenvalue weighted by Crippen LogP contribution is 2.41. The number of anilines is 3. The van der Waals surface area contributed by atoms with Gasteiger partial charge in [-0.15, -0.1) is 11.3 Å². The molecule has 138 valence electrons. The molecule has 0 atom stereocenters. The van der Waals surface area contributed by atoms with Gasteiger partial charge in [-0.1, -0.05) is 42.5 Å². The summed E-state index contributed by atoms with van der Waals surface area (Å²) in [5.74, 6) is -0.293. The van der Waals surface area contributed by atoms with E-state index < -0.39 is 7.12 Å². The van der Waals surface area contributed by atoms with Crippen LogP contribution in [-0.4, -0.2) is 17.2 Å². The average molecular weight is 389 g/mol. The van der Waals surface area contributed by atoms with Crippen molar-refractivity contribution in [3.8, 4) is 10.4 Å². The van der Waals surface area contributed by atoms with Gasteiger partial charge in [0.15, 0.2) is 0 Å². The van der Waals surface area contributed by atoms with Gasteiger partial charge in [-0.25, -0.2) is 4.39 Å². The van der Waals surface area contributed by atoms with Crippen LogP contribution < -0.4 is 10.4 Å². The molecule has 28 heavy (non-hydrogen) atoms. The van der Waals surface area contributed by atoms with E-state index in [2.05, 4.69) is 18.2 Å². The Morgan fingerprint density at radius 2 is 1.32 bits per heavy atom. The first-order valence-electron chi connectivity index (χ1n) is 8.79. The molecule has 0 spiro atoms. The molecule has 0 unspecified atom stereocenters. The fraction of sp³-hybridized carbons (Fsp3) is 0. The summed E-state index contributed by atoms with van der Waals surface area (Å²) < 4.78 is 13.5. The first-order valence-corrected chi connectivity index (χ1v) is 9.60. The largest absolute Gasteiger partial charge is 0.488 e. The van der Waals surface area contributed by atoms with E-state index in [1.54, 1.807) is 35.6 Å². The zero-order chi connectivity index (χ0) is 19.5. The van der Waals surface area contributed by atoms with E-state index >= 15 is 0 Å². The van der Waals surface area contributed by atoms with Gasteiger partial charge in [0.1, 0.15) is 10.8 Å². The van der Waals surface area contributed by atoms with Crippen LogP contribution in [0.1, 0.15) is 0 Å². The van der Waals surface area contributed by atoms with Crippen LogP contribution in [0.4, 0.5) is 20.8 Å². The number of benzene rings is 3. The molecular formula is C22H17BFNO2S. The van der Waals surface area contributed by atoms with Crippen molar-refractivity contribution >= 4 is 40.3 Å². The third kappa shape index (κ3) is 3.85. The summed E-state index contributed by atoms with van der Waals surface area (Å²) in [7, 11) is -1.51. The first-order chi connectivity index (χ1) is 13.6. The molecule has 6 heteroatoms. The lowest BCUT2D eigenvalue weighted by Gasteiger charge is -2.23. The standard InChI is InChI=1S/C22H17BFNO2S/c24-18-8-12-20(13-9-18)25(19-10-6-17(7-11-19)23(26)27)22-15-14-21(28-22)16-4-2-1-3-5-16/h1-15,26-27H. The Morgan fingerprint density at radius 3 is 1.93 bits per heavy atom. The predicted molar refractivity (Wildman–Crippen MR) is 114 cm³/mol. The second-order valence-electron chi connectivity index (χ2n) is 6.28. The molecule has 0 radical (unpaired) electrons. The molecule has 3 aromatic carbocycles. The lowest BCUT2D eigenvalue weighted by atomic mass is 9.80. The molecule has 0 saturated carbocycles. The molecule has 1 aromatic heterocycles. The maximum absolute atomic E-state index is 13.5. The highest BCUT2D eigenvalue weighted by molar-refractivity contribution is 7.19. The van der Waals surface area contributed by atoms with Crippen LogP contribution in [0.25, 0.3) is 10.4 Å². The zero-order valence-electron chi connectivity index (χ0n) is 14.9. The van der Waals surface area contributed by atoms with Crippen LogP contribution in [-0.2, 0) is 0 Å². The van der Waals surface area contributed by atoms with Crippen LogP contribution in [0.5, 0.6) is 0 Å². The SMILES string of the molecule is OB(O)c1ccc(N(c2ccc(F)cc2)c2ccc(-c3ccccc3)s2)cc1. The van der Waals surface area contributed by atoms with E-state index in [0.717, 1.165) is 26.8 Å². The third-order valence-corrected chi connectivity index (χ3v) is 5.52. The highest BCUT2D eigenvalue weighted by Gasteiger charge is 2.17. The molecule has 0 aliphatic carbocycles. The molecular weight excluding hydrogens is 372 g/mol. The minimum Gasteiger partial charge on any atom is -0.423 e. The van der Waals surface area contributed by atoms with Gasteiger partial charge in [0.05, 0.1) is 0 Å². The Bertz CT molecular complexity index is 1050. The lowest BCUT2D eigenvalue weighted by Crippen LogP contribution is -2.29. The number of hydrogen-bond donors (Lipinski definition) is 2. The van der Waals surface area contributed by atoms with Crippen LogP contribution in [0.3, 0.4) is 0 Å². The fourth-order valence-electron chi connectivity index (χ4n) is 2.99. The molecule has 0 aliphatic rings. The molecule has 0 bridgehead atoms. The van der Waals surface area contributed by atoms with Crippen LogP contribution >= 0.6 is 11.3 Å². The van der Waals surface area contributed by atoms with E-state index in [4.69, 9.17) is 0 Å². The summed E-state index contributed by atoms with van der Waals surface area (Å²) in [6.45, 7) is 0. The number of halogens is 1. The second kappa shape index (κ2) is 7.98. The maximum atomic E-state index is 13.5. The molecule has 0 amide bonds. The van der Waals surface area contributed by atoms with Crippen molar-refractivity contribution in [2.45, 2.75) is 0 Å². The van der Waals surface area contributed by atoms with Gasteiger partial charge in [0.25, 0.3) is 0 Å². The van der Waals surface area contributed by atoms with Gasteiger partial charge < -0.3 is 14.9 Å². The third-order valence-electron chi connectivity index (χ3n) is 4.40. The van der Waals surface area contributed by atoms with Crippen LogP contribution in [0.15, 0.2) is 91.0 Å².